The second-order valence-corrected chi connectivity index (χ2v) is 3.81. The summed E-state index contributed by atoms with van der Waals surface area (Å²) in [7, 11) is 1.51. The highest BCUT2D eigenvalue weighted by atomic mass is 35.5. The molecule has 1 aromatic heterocycles. The van der Waals surface area contributed by atoms with Crippen molar-refractivity contribution in [3.8, 4) is 5.75 Å². The van der Waals surface area contributed by atoms with Crippen LogP contribution in [0.1, 0.15) is 30.3 Å². The number of carbonyl (C=O) groups excluding carboxylic acids is 1. The number of methoxy groups -OCH3 is 1. The van der Waals surface area contributed by atoms with Crippen LogP contribution < -0.4 is 15.8 Å². The third kappa shape index (κ3) is 4.89. The van der Waals surface area contributed by atoms with Crippen LogP contribution >= 0.6 is 12.4 Å². The lowest BCUT2D eigenvalue weighted by atomic mass is 10.2. The number of halogens is 1. The maximum absolute atomic E-state index is 11.8. The number of hydrogen-bond acceptors (Lipinski definition) is 4. The summed E-state index contributed by atoms with van der Waals surface area (Å²) < 4.78 is 5.07. The Kier molecular flexibility index (Phi) is 8.07. The number of amides is 1. The van der Waals surface area contributed by atoms with Crippen molar-refractivity contribution in [2.24, 2.45) is 5.73 Å². The van der Waals surface area contributed by atoms with Gasteiger partial charge in [-0.15, -0.1) is 12.4 Å². The second kappa shape index (κ2) is 8.72. The SMILES string of the molecule is CCCC(N)CNC(=O)c1ncccc1OC.Cl. The van der Waals surface area contributed by atoms with Gasteiger partial charge >= 0.3 is 0 Å². The fourth-order valence-electron chi connectivity index (χ4n) is 1.51. The number of nitrogens with two attached hydrogens (primary N) is 1. The molecule has 5 nitrogen and oxygen atoms in total. The van der Waals surface area contributed by atoms with Crippen LogP contribution in [0.4, 0.5) is 0 Å². The maximum Gasteiger partial charge on any atom is 0.273 e. The normalized spacial score (nSPS) is 11.3. The van der Waals surface area contributed by atoms with E-state index in [1.807, 2.05) is 0 Å². The average Bonchev–Trinajstić information content (AvgIpc) is 2.36. The number of pyridine rings is 1. The van der Waals surface area contributed by atoms with Crippen molar-refractivity contribution in [3.63, 3.8) is 0 Å². The molecule has 6 heteroatoms. The van der Waals surface area contributed by atoms with E-state index in [1.54, 1.807) is 18.3 Å². The zero-order valence-electron chi connectivity index (χ0n) is 10.7. The Hall–Kier alpha value is -1.33. The summed E-state index contributed by atoms with van der Waals surface area (Å²) in [5, 5.41) is 2.75. The summed E-state index contributed by atoms with van der Waals surface area (Å²) >= 11 is 0. The smallest absolute Gasteiger partial charge is 0.273 e. The van der Waals surface area contributed by atoms with E-state index in [2.05, 4.69) is 17.2 Å². The number of ether oxygens (including phenoxy) is 1. The first-order valence-corrected chi connectivity index (χ1v) is 5.71. The molecule has 3 N–H and O–H groups in total. The third-order valence-electron chi connectivity index (χ3n) is 2.39. The quantitative estimate of drug-likeness (QED) is 0.821. The Labute approximate surface area is 114 Å². The van der Waals surface area contributed by atoms with Crippen molar-refractivity contribution < 1.29 is 9.53 Å². The Morgan fingerprint density at radius 3 is 2.94 bits per heavy atom. The topological polar surface area (TPSA) is 77.2 Å². The van der Waals surface area contributed by atoms with Gasteiger partial charge in [-0.05, 0) is 18.6 Å². The predicted octanol–water partition coefficient (Wildman–Crippen LogP) is 1.37. The van der Waals surface area contributed by atoms with Crippen molar-refractivity contribution in [2.75, 3.05) is 13.7 Å². The highest BCUT2D eigenvalue weighted by Crippen LogP contribution is 2.13. The van der Waals surface area contributed by atoms with Crippen LogP contribution in [0.3, 0.4) is 0 Å². The number of nitrogens with one attached hydrogen (secondary N) is 1. The molecule has 0 spiro atoms. The lowest BCUT2D eigenvalue weighted by Gasteiger charge is -2.12. The van der Waals surface area contributed by atoms with E-state index in [9.17, 15) is 4.79 Å². The number of carbonyl (C=O) groups is 1. The minimum atomic E-state index is -0.256. The first kappa shape index (κ1) is 16.7. The lowest BCUT2D eigenvalue weighted by molar-refractivity contribution is 0.0942. The fourth-order valence-corrected chi connectivity index (χ4v) is 1.51. The molecule has 0 aliphatic rings. The van der Waals surface area contributed by atoms with Crippen molar-refractivity contribution in [1.29, 1.82) is 0 Å². The Bertz CT molecular complexity index is 374. The van der Waals surface area contributed by atoms with Crippen LogP contribution in [0.25, 0.3) is 0 Å². The number of hydrogen-bond donors (Lipinski definition) is 2. The average molecular weight is 274 g/mol. The van der Waals surface area contributed by atoms with Crippen molar-refractivity contribution >= 4 is 18.3 Å². The zero-order chi connectivity index (χ0) is 12.7. The molecule has 0 bridgehead atoms. The molecule has 1 amide bonds. The molecule has 1 atom stereocenters. The van der Waals surface area contributed by atoms with Gasteiger partial charge < -0.3 is 15.8 Å². The van der Waals surface area contributed by atoms with E-state index in [1.165, 1.54) is 7.11 Å². The summed E-state index contributed by atoms with van der Waals surface area (Å²) in [5.41, 5.74) is 6.11. The molecule has 102 valence electrons. The number of rotatable bonds is 6. The molecule has 1 heterocycles. The molecular weight excluding hydrogens is 254 g/mol. The van der Waals surface area contributed by atoms with Crippen LogP contribution in [0, 0.1) is 0 Å². The molecule has 1 aromatic rings. The summed E-state index contributed by atoms with van der Waals surface area (Å²) in [6.07, 6.45) is 3.45. The monoisotopic (exact) mass is 273 g/mol. The molecule has 1 unspecified atom stereocenters. The predicted molar refractivity (Wildman–Crippen MR) is 73.3 cm³/mol. The van der Waals surface area contributed by atoms with Gasteiger partial charge in [-0.3, -0.25) is 4.79 Å². The molecule has 0 radical (unpaired) electrons. The summed E-state index contributed by atoms with van der Waals surface area (Å²) in [4.78, 5) is 15.8. The molecule has 0 saturated heterocycles. The highest BCUT2D eigenvalue weighted by Gasteiger charge is 2.13. The lowest BCUT2D eigenvalue weighted by Crippen LogP contribution is -2.37. The van der Waals surface area contributed by atoms with Gasteiger partial charge in [0.05, 0.1) is 7.11 Å². The molecule has 0 aromatic carbocycles. The molecule has 0 aliphatic heterocycles. The zero-order valence-corrected chi connectivity index (χ0v) is 11.5. The summed E-state index contributed by atoms with van der Waals surface area (Å²) in [6, 6.07) is 3.41. The summed E-state index contributed by atoms with van der Waals surface area (Å²) in [6.45, 7) is 2.51. The van der Waals surface area contributed by atoms with Gasteiger partial charge in [0.25, 0.3) is 5.91 Å². The van der Waals surface area contributed by atoms with E-state index in [-0.39, 0.29) is 24.4 Å². The van der Waals surface area contributed by atoms with E-state index in [4.69, 9.17) is 10.5 Å². The second-order valence-electron chi connectivity index (χ2n) is 3.81. The molecule has 18 heavy (non-hydrogen) atoms. The van der Waals surface area contributed by atoms with Gasteiger partial charge in [0.15, 0.2) is 5.69 Å². The van der Waals surface area contributed by atoms with Crippen molar-refractivity contribution in [2.45, 2.75) is 25.8 Å². The van der Waals surface area contributed by atoms with Gasteiger partial charge in [-0.25, -0.2) is 4.98 Å². The van der Waals surface area contributed by atoms with E-state index >= 15 is 0 Å². The molecule has 1 rings (SSSR count). The highest BCUT2D eigenvalue weighted by molar-refractivity contribution is 5.94. The van der Waals surface area contributed by atoms with E-state index in [0.717, 1.165) is 12.8 Å². The molecule has 0 saturated carbocycles. The first-order valence-electron chi connectivity index (χ1n) is 5.71. The van der Waals surface area contributed by atoms with Gasteiger partial charge in [0.1, 0.15) is 5.75 Å². The van der Waals surface area contributed by atoms with E-state index in [0.29, 0.717) is 18.0 Å². The molecule has 0 aliphatic carbocycles. The van der Waals surface area contributed by atoms with Crippen LogP contribution in [0.5, 0.6) is 5.75 Å². The van der Waals surface area contributed by atoms with Gasteiger partial charge in [0.2, 0.25) is 0 Å². The van der Waals surface area contributed by atoms with Crippen LogP contribution in [0.15, 0.2) is 18.3 Å². The van der Waals surface area contributed by atoms with Gasteiger partial charge in [0, 0.05) is 18.8 Å². The molecule has 0 fully saturated rings. The fraction of sp³-hybridized carbons (Fsp3) is 0.500. The maximum atomic E-state index is 11.8. The van der Waals surface area contributed by atoms with Crippen LogP contribution in [-0.4, -0.2) is 30.6 Å². The third-order valence-corrected chi connectivity index (χ3v) is 2.39. The number of aromatic nitrogens is 1. The summed E-state index contributed by atoms with van der Waals surface area (Å²) in [5.74, 6) is 0.211. The Morgan fingerprint density at radius 1 is 1.61 bits per heavy atom. The first-order chi connectivity index (χ1) is 8.19. The minimum Gasteiger partial charge on any atom is -0.494 e. The molecular formula is C12H20ClN3O2. The number of nitrogens with zero attached hydrogens (tertiary/aromatic N) is 1. The minimum absolute atomic E-state index is 0. The largest absolute Gasteiger partial charge is 0.494 e. The van der Waals surface area contributed by atoms with Crippen molar-refractivity contribution in [3.05, 3.63) is 24.0 Å². The Morgan fingerprint density at radius 2 is 2.33 bits per heavy atom. The van der Waals surface area contributed by atoms with Crippen molar-refractivity contribution in [1.82, 2.24) is 10.3 Å². The van der Waals surface area contributed by atoms with Crippen LogP contribution in [0.2, 0.25) is 0 Å². The van der Waals surface area contributed by atoms with E-state index < -0.39 is 0 Å². The van der Waals surface area contributed by atoms with Gasteiger partial charge in [-0.1, -0.05) is 13.3 Å². The Balaban J connectivity index is 0.00000289. The van der Waals surface area contributed by atoms with Crippen LogP contribution in [-0.2, 0) is 0 Å². The standard InChI is InChI=1S/C12H19N3O2.ClH/c1-3-5-9(13)8-15-12(16)11-10(17-2)6-4-7-14-11;/h4,6-7,9H,3,5,8,13H2,1-2H3,(H,15,16);1H. The van der Waals surface area contributed by atoms with Gasteiger partial charge in [-0.2, -0.15) is 0 Å².